The number of carboxylic acids is 1. The van der Waals surface area contributed by atoms with Crippen LogP contribution in [0.2, 0.25) is 0 Å². The van der Waals surface area contributed by atoms with Crippen LogP contribution in [0.1, 0.15) is 19.8 Å². The van der Waals surface area contributed by atoms with Crippen molar-refractivity contribution in [3.05, 3.63) is 0 Å². The predicted molar refractivity (Wildman–Crippen MR) is 132 cm³/mol. The highest BCUT2D eigenvalue weighted by Gasteiger charge is 2.60. The third kappa shape index (κ3) is 6.53. The fourth-order valence-electron chi connectivity index (χ4n) is 5.50. The molecule has 3 heterocycles. The number of carbonyl (C=O) groups is 1. The highest BCUT2D eigenvalue weighted by molar-refractivity contribution is 5.72. The monoisotopic (exact) mass is 601 g/mol. The Hall–Kier alpha value is -1.17. The molecule has 3 unspecified atom stereocenters. The van der Waals surface area contributed by atoms with Gasteiger partial charge in [0.2, 0.25) is 0 Å². The maximum absolute atomic E-state index is 12.0. The normalized spacial score (nSPS) is 48.1. The quantitative estimate of drug-likeness (QED) is 0.105. The molecule has 0 spiro atoms. The molecule has 18 nitrogen and oxygen atoms in total. The van der Waals surface area contributed by atoms with Crippen LogP contribution < -0.4 is 17.2 Å². The maximum Gasteiger partial charge on any atom is 0.309 e. The van der Waals surface area contributed by atoms with Crippen molar-refractivity contribution in [2.24, 2.45) is 23.1 Å². The molecule has 41 heavy (non-hydrogen) atoms. The van der Waals surface area contributed by atoms with Gasteiger partial charge in [0, 0.05) is 0 Å². The van der Waals surface area contributed by atoms with Gasteiger partial charge >= 0.3 is 5.97 Å². The molecule has 3 aliphatic heterocycles. The van der Waals surface area contributed by atoms with E-state index in [1.54, 1.807) is 6.92 Å². The Kier molecular flexibility index (Phi) is 11.8. The van der Waals surface area contributed by atoms with Crippen molar-refractivity contribution in [2.45, 2.75) is 111 Å². The van der Waals surface area contributed by atoms with Crippen LogP contribution in [-0.2, 0) is 28.5 Å². The molecule has 3 saturated heterocycles. The van der Waals surface area contributed by atoms with E-state index in [4.69, 9.17) is 40.9 Å². The summed E-state index contributed by atoms with van der Waals surface area (Å²) in [7, 11) is 0. The molecule has 0 aliphatic carbocycles. The molecule has 0 saturated carbocycles. The average Bonchev–Trinajstić information content (AvgIpc) is 2.95. The fraction of sp³-hybridized carbons (Fsp3) is 0.957. The summed E-state index contributed by atoms with van der Waals surface area (Å²) in [4.78, 5) is 12.0. The van der Waals surface area contributed by atoms with Crippen molar-refractivity contribution in [1.29, 1.82) is 0 Å². The number of aliphatic hydroxyl groups excluding tert-OH is 8. The topological polar surface area (TPSA) is 323 Å². The van der Waals surface area contributed by atoms with Gasteiger partial charge < -0.3 is 86.8 Å². The lowest BCUT2D eigenvalue weighted by Crippen LogP contribution is -2.73. The van der Waals surface area contributed by atoms with Gasteiger partial charge in [-0.15, -0.1) is 0 Å². The lowest BCUT2D eigenvalue weighted by Gasteiger charge is -2.52. The zero-order chi connectivity index (χ0) is 30.8. The second-order valence-electron chi connectivity index (χ2n) is 10.6. The van der Waals surface area contributed by atoms with Crippen LogP contribution >= 0.6 is 0 Å². The van der Waals surface area contributed by atoms with Crippen LogP contribution in [0, 0.1) is 5.92 Å². The van der Waals surface area contributed by atoms with Crippen molar-refractivity contribution >= 4 is 5.97 Å². The number of rotatable bonds is 11. The minimum absolute atomic E-state index is 0.0494. The van der Waals surface area contributed by atoms with Gasteiger partial charge in [-0.25, -0.2) is 0 Å². The van der Waals surface area contributed by atoms with Gasteiger partial charge in [0.25, 0.3) is 0 Å². The van der Waals surface area contributed by atoms with Crippen LogP contribution in [0.15, 0.2) is 0 Å². The molecule has 3 fully saturated rings. The van der Waals surface area contributed by atoms with Crippen LogP contribution in [0.4, 0.5) is 0 Å². The molecular weight excluding hydrogens is 558 g/mol. The van der Waals surface area contributed by atoms with Gasteiger partial charge in [-0.3, -0.25) is 4.79 Å². The summed E-state index contributed by atoms with van der Waals surface area (Å²) in [5.74, 6) is -2.91. The van der Waals surface area contributed by atoms with Crippen LogP contribution in [-0.4, -0.2) is 163 Å². The first-order valence-electron chi connectivity index (χ1n) is 13.3. The van der Waals surface area contributed by atoms with Crippen molar-refractivity contribution in [3.8, 4) is 0 Å². The van der Waals surface area contributed by atoms with Crippen LogP contribution in [0.25, 0.3) is 0 Å². The summed E-state index contributed by atoms with van der Waals surface area (Å²) in [6, 6.07) is -4.27. The van der Waals surface area contributed by atoms with Crippen molar-refractivity contribution < 1.29 is 74.4 Å². The standard InChI is InChI=1S/C23H43N3O15/c1-2-3-7(19(34)35)23(6-29)18(33)15(32)12(26)22(41-23)40-17-9(5-28)38-21(11(25)14(17)31)39-16-8(4-27)37-20(36)10(24)13(16)30/h7-18,20-22,27-33,36H,2-6,24-26H2,1H3,(H,34,35)/t7?,8-,9-,10-,11-,12-,13-,14-,15-,16?,17?,18+,20-,21+,22+,23+/m1/s1. The number of nitrogens with two attached hydrogens (primary N) is 3. The Balaban J connectivity index is 1.83. The number of hydrogen-bond acceptors (Lipinski definition) is 17. The molecule has 0 amide bonds. The Morgan fingerprint density at radius 3 is 1.85 bits per heavy atom. The van der Waals surface area contributed by atoms with Gasteiger partial charge in [-0.05, 0) is 6.42 Å². The average molecular weight is 602 g/mol. The smallest absolute Gasteiger partial charge is 0.309 e. The summed E-state index contributed by atoms with van der Waals surface area (Å²) in [5, 5.41) is 92.4. The maximum atomic E-state index is 12.0. The number of hydrogen-bond donors (Lipinski definition) is 12. The van der Waals surface area contributed by atoms with E-state index in [1.165, 1.54) is 0 Å². The van der Waals surface area contributed by atoms with Gasteiger partial charge in [-0.2, -0.15) is 0 Å². The van der Waals surface area contributed by atoms with Crippen molar-refractivity contribution in [2.75, 3.05) is 19.8 Å². The first-order valence-corrected chi connectivity index (χ1v) is 13.3. The molecule has 3 aliphatic rings. The molecule has 0 aromatic rings. The molecule has 15 N–H and O–H groups in total. The third-order valence-corrected chi connectivity index (χ3v) is 7.98. The molecule has 16 atom stereocenters. The number of aliphatic carboxylic acids is 1. The lowest BCUT2D eigenvalue weighted by atomic mass is 9.75. The van der Waals surface area contributed by atoms with Gasteiger partial charge in [0.15, 0.2) is 18.9 Å². The van der Waals surface area contributed by atoms with E-state index < -0.39 is 123 Å². The molecule has 18 heteroatoms. The minimum atomic E-state index is -2.25. The SMILES string of the molecule is CCCC(C(=O)O)[C@]1(CO)O[C@H](OC2[C@@H](CO)O[C@@H](OC3[C@@H](CO)O[C@@H](O)[C@H](N)[C@H]3O)[C@H](N)[C@H]2O)[C@H](N)[C@@H](O)[C@@H]1O. The first kappa shape index (κ1) is 34.3. The van der Waals surface area contributed by atoms with Crippen molar-refractivity contribution in [1.82, 2.24) is 0 Å². The van der Waals surface area contributed by atoms with Crippen molar-refractivity contribution in [3.63, 3.8) is 0 Å². The summed E-state index contributed by atoms with van der Waals surface area (Å²) in [6.07, 6.45) is -17.2. The van der Waals surface area contributed by atoms with E-state index in [2.05, 4.69) is 0 Å². The summed E-state index contributed by atoms with van der Waals surface area (Å²) >= 11 is 0. The number of ether oxygens (including phenoxy) is 5. The van der Waals surface area contributed by atoms with E-state index in [1.807, 2.05) is 0 Å². The number of aliphatic hydroxyl groups is 8. The molecular formula is C23H43N3O15. The van der Waals surface area contributed by atoms with E-state index >= 15 is 0 Å². The highest BCUT2D eigenvalue weighted by atomic mass is 16.7. The largest absolute Gasteiger partial charge is 0.481 e. The fourth-order valence-corrected chi connectivity index (χ4v) is 5.50. The summed E-state index contributed by atoms with van der Waals surface area (Å²) in [5.41, 5.74) is 15.6. The Bertz CT molecular complexity index is 857. The molecule has 0 aromatic carbocycles. The number of carboxylic acid groups (broad SMARTS) is 1. The second kappa shape index (κ2) is 14.1. The zero-order valence-corrected chi connectivity index (χ0v) is 22.4. The van der Waals surface area contributed by atoms with E-state index in [0.29, 0.717) is 6.42 Å². The molecule has 240 valence electrons. The Morgan fingerprint density at radius 2 is 1.34 bits per heavy atom. The minimum Gasteiger partial charge on any atom is -0.481 e. The summed E-state index contributed by atoms with van der Waals surface area (Å²) < 4.78 is 28.1. The van der Waals surface area contributed by atoms with Gasteiger partial charge in [0.05, 0.1) is 43.9 Å². The lowest BCUT2D eigenvalue weighted by molar-refractivity contribution is -0.365. The second-order valence-corrected chi connectivity index (χ2v) is 10.6. The van der Waals surface area contributed by atoms with Crippen LogP contribution in [0.5, 0.6) is 0 Å². The first-order chi connectivity index (χ1) is 19.3. The molecule has 0 bridgehead atoms. The van der Waals surface area contributed by atoms with E-state index in [0.717, 1.165) is 0 Å². The Labute approximate surface area is 235 Å². The predicted octanol–water partition coefficient (Wildman–Crippen LogP) is -6.80. The third-order valence-electron chi connectivity index (χ3n) is 7.98. The van der Waals surface area contributed by atoms with Gasteiger partial charge in [0.1, 0.15) is 54.4 Å². The molecule has 3 rings (SSSR count). The molecule has 0 aromatic heterocycles. The zero-order valence-electron chi connectivity index (χ0n) is 22.4. The summed E-state index contributed by atoms with van der Waals surface area (Å²) in [6.45, 7) is -0.860. The van der Waals surface area contributed by atoms with E-state index in [9.17, 15) is 50.8 Å². The van der Waals surface area contributed by atoms with Crippen LogP contribution in [0.3, 0.4) is 0 Å². The molecule has 0 radical (unpaired) electrons. The van der Waals surface area contributed by atoms with E-state index in [-0.39, 0.29) is 6.42 Å². The highest BCUT2D eigenvalue weighted by Crippen LogP contribution is 2.39. The Morgan fingerprint density at radius 1 is 0.829 bits per heavy atom. The van der Waals surface area contributed by atoms with Gasteiger partial charge in [-0.1, -0.05) is 13.3 Å².